The highest BCUT2D eigenvalue weighted by Gasteiger charge is 2.16. The molecule has 3 aromatic rings. The predicted octanol–water partition coefficient (Wildman–Crippen LogP) is 3.59. The fraction of sp³-hybridized carbons (Fsp3) is 0.316. The van der Waals surface area contributed by atoms with E-state index in [1.54, 1.807) is 0 Å². The zero-order chi connectivity index (χ0) is 16.7. The number of carbonyl (C=O) groups is 1. The van der Waals surface area contributed by atoms with Crippen LogP contribution in [0.1, 0.15) is 30.9 Å². The molecular formula is C19H18N2O2S. The Kier molecular flexibility index (Phi) is 3.81. The maximum Gasteiger partial charge on any atom is 0.263 e. The summed E-state index contributed by atoms with van der Waals surface area (Å²) in [5.74, 6) is -0.0520. The summed E-state index contributed by atoms with van der Waals surface area (Å²) in [5.41, 5.74) is 4.69. The monoisotopic (exact) mass is 338 g/mol. The first-order valence-electron chi connectivity index (χ1n) is 8.22. The van der Waals surface area contributed by atoms with E-state index in [2.05, 4.69) is 23.2 Å². The fourth-order valence-electron chi connectivity index (χ4n) is 3.43. The van der Waals surface area contributed by atoms with Gasteiger partial charge in [-0.2, -0.15) is 0 Å². The first-order chi connectivity index (χ1) is 11.6. The molecule has 0 unspecified atom stereocenters. The van der Waals surface area contributed by atoms with E-state index in [9.17, 15) is 9.59 Å². The number of benzene rings is 1. The molecule has 0 fully saturated rings. The Morgan fingerprint density at radius 1 is 1.25 bits per heavy atom. The van der Waals surface area contributed by atoms with Gasteiger partial charge in [0.1, 0.15) is 10.6 Å². The average molecular weight is 338 g/mol. The third-order valence-corrected chi connectivity index (χ3v) is 5.50. The molecule has 5 heteroatoms. The molecule has 1 aliphatic rings. The molecular weight excluding hydrogens is 320 g/mol. The molecule has 0 bridgehead atoms. The predicted molar refractivity (Wildman–Crippen MR) is 96.6 cm³/mol. The molecule has 4 nitrogen and oxygen atoms in total. The number of hydrogen-bond acceptors (Lipinski definition) is 4. The van der Waals surface area contributed by atoms with Gasteiger partial charge in [-0.25, -0.2) is 4.98 Å². The van der Waals surface area contributed by atoms with Gasteiger partial charge in [0.15, 0.2) is 0 Å². The Bertz CT molecular complexity index is 1000. The Balaban J connectivity index is 1.88. The maximum atomic E-state index is 12.8. The number of rotatable bonds is 3. The van der Waals surface area contributed by atoms with Crippen LogP contribution in [-0.2, 0) is 24.2 Å². The van der Waals surface area contributed by atoms with Crippen molar-refractivity contribution in [1.29, 1.82) is 0 Å². The lowest BCUT2D eigenvalue weighted by molar-refractivity contribution is -0.117. The molecule has 0 amide bonds. The van der Waals surface area contributed by atoms with Gasteiger partial charge in [-0.05, 0) is 49.3 Å². The lowest BCUT2D eigenvalue weighted by atomic mass is 9.89. The quantitative estimate of drug-likeness (QED) is 0.733. The van der Waals surface area contributed by atoms with E-state index in [0.29, 0.717) is 5.39 Å². The van der Waals surface area contributed by atoms with Crippen molar-refractivity contribution >= 4 is 27.3 Å². The van der Waals surface area contributed by atoms with Gasteiger partial charge >= 0.3 is 0 Å². The van der Waals surface area contributed by atoms with Crippen molar-refractivity contribution in [2.45, 2.75) is 39.2 Å². The second-order valence-electron chi connectivity index (χ2n) is 6.40. The minimum absolute atomic E-state index is 0.0520. The summed E-state index contributed by atoms with van der Waals surface area (Å²) in [4.78, 5) is 29.2. The van der Waals surface area contributed by atoms with Crippen LogP contribution in [0.4, 0.5) is 0 Å². The molecule has 0 radical (unpaired) electrons. The molecule has 4 rings (SSSR count). The van der Waals surface area contributed by atoms with E-state index in [4.69, 9.17) is 0 Å². The molecule has 1 aromatic carbocycles. The lowest BCUT2D eigenvalue weighted by Gasteiger charge is -2.16. The Labute approximate surface area is 143 Å². The standard InChI is InChI=1S/C19H18N2O2S/c1-12(22)9-21-11-20-18-17(19(21)23)16(10-24-18)15-7-6-13-4-2-3-5-14(13)8-15/h6-8,10-11H,2-5,9H2,1H3. The first-order valence-corrected chi connectivity index (χ1v) is 9.09. The molecule has 0 atom stereocenters. The fourth-order valence-corrected chi connectivity index (χ4v) is 4.34. The highest BCUT2D eigenvalue weighted by atomic mass is 32.1. The van der Waals surface area contributed by atoms with Gasteiger partial charge in [-0.3, -0.25) is 14.2 Å². The van der Waals surface area contributed by atoms with Crippen LogP contribution in [0.15, 0.2) is 34.7 Å². The summed E-state index contributed by atoms with van der Waals surface area (Å²) >= 11 is 1.48. The summed E-state index contributed by atoms with van der Waals surface area (Å²) in [7, 11) is 0. The van der Waals surface area contributed by atoms with Gasteiger partial charge in [0, 0.05) is 10.9 Å². The molecule has 1 aliphatic carbocycles. The van der Waals surface area contributed by atoms with Crippen molar-refractivity contribution in [3.63, 3.8) is 0 Å². The van der Waals surface area contributed by atoms with E-state index in [-0.39, 0.29) is 17.9 Å². The summed E-state index contributed by atoms with van der Waals surface area (Å²) in [6, 6.07) is 6.52. The number of Topliss-reactive ketones (excluding diaryl/α,β-unsaturated/α-hetero) is 1. The van der Waals surface area contributed by atoms with E-state index in [1.165, 1.54) is 53.1 Å². The molecule has 2 heterocycles. The molecule has 0 spiro atoms. The number of aryl methyl sites for hydroxylation is 2. The summed E-state index contributed by atoms with van der Waals surface area (Å²) < 4.78 is 1.40. The number of hydrogen-bond donors (Lipinski definition) is 0. The number of fused-ring (bicyclic) bond motifs is 2. The van der Waals surface area contributed by atoms with E-state index < -0.39 is 0 Å². The van der Waals surface area contributed by atoms with Crippen LogP contribution < -0.4 is 5.56 Å². The Morgan fingerprint density at radius 3 is 2.83 bits per heavy atom. The third-order valence-electron chi connectivity index (χ3n) is 4.61. The van der Waals surface area contributed by atoms with Crippen LogP contribution >= 0.6 is 11.3 Å². The lowest BCUT2D eigenvalue weighted by Crippen LogP contribution is -2.23. The van der Waals surface area contributed by atoms with Crippen LogP contribution in [0.5, 0.6) is 0 Å². The van der Waals surface area contributed by atoms with Crippen LogP contribution in [0, 0.1) is 0 Å². The van der Waals surface area contributed by atoms with E-state index >= 15 is 0 Å². The SMILES string of the molecule is CC(=O)Cn1cnc2scc(-c3ccc4c(c3)CCCC4)c2c1=O. The summed E-state index contributed by atoms with van der Waals surface area (Å²) in [5, 5.41) is 2.63. The normalized spacial score (nSPS) is 13.9. The van der Waals surface area contributed by atoms with E-state index in [0.717, 1.165) is 28.8 Å². The molecule has 24 heavy (non-hydrogen) atoms. The Morgan fingerprint density at radius 2 is 2.04 bits per heavy atom. The van der Waals surface area contributed by atoms with Crippen molar-refractivity contribution in [3.05, 3.63) is 51.4 Å². The average Bonchev–Trinajstić information content (AvgIpc) is 3.01. The van der Waals surface area contributed by atoms with Gasteiger partial charge < -0.3 is 0 Å². The van der Waals surface area contributed by atoms with Crippen LogP contribution in [-0.4, -0.2) is 15.3 Å². The van der Waals surface area contributed by atoms with Gasteiger partial charge in [0.05, 0.1) is 18.3 Å². The zero-order valence-electron chi connectivity index (χ0n) is 13.5. The van der Waals surface area contributed by atoms with Crippen LogP contribution in [0.2, 0.25) is 0 Å². The van der Waals surface area contributed by atoms with Crippen molar-refractivity contribution in [2.75, 3.05) is 0 Å². The highest BCUT2D eigenvalue weighted by molar-refractivity contribution is 7.17. The van der Waals surface area contributed by atoms with Gasteiger partial charge in [0.2, 0.25) is 0 Å². The van der Waals surface area contributed by atoms with Crippen molar-refractivity contribution in [1.82, 2.24) is 9.55 Å². The van der Waals surface area contributed by atoms with Crippen LogP contribution in [0.25, 0.3) is 21.3 Å². The minimum Gasteiger partial charge on any atom is -0.298 e. The second kappa shape index (κ2) is 5.98. The van der Waals surface area contributed by atoms with Crippen LogP contribution in [0.3, 0.4) is 0 Å². The zero-order valence-corrected chi connectivity index (χ0v) is 14.4. The smallest absolute Gasteiger partial charge is 0.263 e. The number of carbonyl (C=O) groups excluding carboxylic acids is 1. The van der Waals surface area contributed by atoms with Crippen molar-refractivity contribution in [3.8, 4) is 11.1 Å². The van der Waals surface area contributed by atoms with Crippen molar-refractivity contribution < 1.29 is 4.79 Å². The first kappa shape index (κ1) is 15.3. The van der Waals surface area contributed by atoms with Gasteiger partial charge in [-0.1, -0.05) is 18.2 Å². The molecule has 2 aromatic heterocycles. The number of nitrogens with zero attached hydrogens (tertiary/aromatic N) is 2. The second-order valence-corrected chi connectivity index (χ2v) is 7.26. The maximum absolute atomic E-state index is 12.8. The molecule has 0 saturated heterocycles. The van der Waals surface area contributed by atoms with E-state index in [1.807, 2.05) is 5.38 Å². The topological polar surface area (TPSA) is 52.0 Å². The Hall–Kier alpha value is -2.27. The van der Waals surface area contributed by atoms with Gasteiger partial charge in [0.25, 0.3) is 5.56 Å². The van der Waals surface area contributed by atoms with Crippen molar-refractivity contribution in [2.24, 2.45) is 0 Å². The molecule has 0 aliphatic heterocycles. The highest BCUT2D eigenvalue weighted by Crippen LogP contribution is 2.33. The minimum atomic E-state index is -0.135. The summed E-state index contributed by atoms with van der Waals surface area (Å²) in [6.45, 7) is 1.55. The number of aromatic nitrogens is 2. The molecule has 122 valence electrons. The number of ketones is 1. The third kappa shape index (κ3) is 2.59. The number of thiophene rings is 1. The largest absolute Gasteiger partial charge is 0.298 e. The summed E-state index contributed by atoms with van der Waals surface area (Å²) in [6.07, 6.45) is 6.21. The van der Waals surface area contributed by atoms with Gasteiger partial charge in [-0.15, -0.1) is 11.3 Å². The molecule has 0 saturated carbocycles. The molecule has 0 N–H and O–H groups in total.